The van der Waals surface area contributed by atoms with Gasteiger partial charge in [0.05, 0.1) is 5.41 Å². The second-order valence-corrected chi connectivity index (χ2v) is 16.4. The van der Waals surface area contributed by atoms with E-state index in [2.05, 4.69) is 44.0 Å². The van der Waals surface area contributed by atoms with E-state index in [0.717, 1.165) is 57.1 Å². The molecule has 1 aromatic carbocycles. The second-order valence-electron chi connectivity index (χ2n) is 16.4. The first-order valence-corrected chi connectivity index (χ1v) is 17.0. The van der Waals surface area contributed by atoms with Gasteiger partial charge in [0.15, 0.2) is 0 Å². The molecule has 0 saturated heterocycles. The molecule has 242 valence electrons. The lowest BCUT2D eigenvalue weighted by atomic mass is 9.36. The summed E-state index contributed by atoms with van der Waals surface area (Å²) in [4.78, 5) is 27.3. The number of fused-ring (bicyclic) bond motifs is 7. The quantitative estimate of drug-likeness (QED) is 0.345. The molecule has 8 unspecified atom stereocenters. The molecule has 0 aromatic heterocycles. The summed E-state index contributed by atoms with van der Waals surface area (Å²) in [5, 5.41) is 12.6. The number of carboxylic acids is 1. The Kier molecular flexibility index (Phi) is 7.86. The predicted molar refractivity (Wildman–Crippen MR) is 169 cm³/mol. The number of likely N-dealkylation sites (N-methyl/N-ethyl adjacent to an activating group) is 1. The number of rotatable bonds is 6. The minimum absolute atomic E-state index is 0.0663. The van der Waals surface area contributed by atoms with Crippen LogP contribution in [0.1, 0.15) is 108 Å². The summed E-state index contributed by atoms with van der Waals surface area (Å²) >= 11 is 0. The maximum absolute atomic E-state index is 14.8. The van der Waals surface area contributed by atoms with Crippen LogP contribution in [0.15, 0.2) is 18.2 Å². The van der Waals surface area contributed by atoms with E-state index in [-0.39, 0.29) is 21.7 Å². The van der Waals surface area contributed by atoms with Crippen molar-refractivity contribution in [3.8, 4) is 0 Å². The van der Waals surface area contributed by atoms with Gasteiger partial charge in [-0.25, -0.2) is 13.6 Å². The Labute approximate surface area is 262 Å². The van der Waals surface area contributed by atoms with Crippen molar-refractivity contribution in [3.05, 3.63) is 41.0 Å². The molecular weight excluding hydrogens is 558 g/mol. The number of benzene rings is 1. The first-order chi connectivity index (χ1) is 20.7. The maximum atomic E-state index is 14.8. The number of carbonyl (C=O) groups is 2. The molecule has 5 aliphatic rings. The first-order valence-electron chi connectivity index (χ1n) is 17.0. The van der Waals surface area contributed by atoms with E-state index in [1.165, 1.54) is 31.4 Å². The van der Waals surface area contributed by atoms with Crippen molar-refractivity contribution in [2.45, 2.75) is 91.9 Å². The van der Waals surface area contributed by atoms with Crippen molar-refractivity contribution < 1.29 is 23.5 Å². The lowest BCUT2D eigenvalue weighted by molar-refractivity contribution is -0.181. The van der Waals surface area contributed by atoms with E-state index in [0.29, 0.717) is 47.6 Å². The van der Waals surface area contributed by atoms with Gasteiger partial charge in [-0.1, -0.05) is 40.2 Å². The lowest BCUT2D eigenvalue weighted by Gasteiger charge is -2.68. The minimum Gasteiger partial charge on any atom is -0.477 e. The monoisotopic (exact) mass is 610 g/mol. The number of carboxylic acid groups (broad SMARTS) is 1. The van der Waals surface area contributed by atoms with Crippen LogP contribution in [0.2, 0.25) is 0 Å². The number of nitrogens with zero attached hydrogens (tertiary/aromatic N) is 1. The summed E-state index contributed by atoms with van der Waals surface area (Å²) in [5.41, 5.74) is 0.283. The normalized spacial score (nSPS) is 39.0. The van der Waals surface area contributed by atoms with Gasteiger partial charge in [-0.3, -0.25) is 4.79 Å². The zero-order valence-electron chi connectivity index (χ0n) is 27.6. The maximum Gasteiger partial charge on any atom is 0.341 e. The van der Waals surface area contributed by atoms with Gasteiger partial charge in [0.25, 0.3) is 0 Å². The van der Waals surface area contributed by atoms with Crippen LogP contribution in [-0.4, -0.2) is 49.1 Å². The van der Waals surface area contributed by atoms with Crippen LogP contribution in [0, 0.1) is 62.9 Å². The topological polar surface area (TPSA) is 69.6 Å². The van der Waals surface area contributed by atoms with E-state index in [1.807, 2.05) is 14.1 Å². The fraction of sp³-hybridized carbons (Fsp3) is 0.730. The molecule has 5 nitrogen and oxygen atoms in total. The van der Waals surface area contributed by atoms with Crippen LogP contribution >= 0.6 is 0 Å². The van der Waals surface area contributed by atoms with Crippen molar-refractivity contribution in [3.63, 3.8) is 0 Å². The molecule has 0 spiro atoms. The van der Waals surface area contributed by atoms with Crippen LogP contribution in [0.25, 0.3) is 5.57 Å². The first kappa shape index (κ1) is 31.7. The van der Waals surface area contributed by atoms with E-state index >= 15 is 0 Å². The average Bonchev–Trinajstić information content (AvgIpc) is 3.37. The largest absolute Gasteiger partial charge is 0.477 e. The van der Waals surface area contributed by atoms with E-state index in [1.54, 1.807) is 0 Å². The summed E-state index contributed by atoms with van der Waals surface area (Å²) in [6, 6.07) is 2.43. The third-order valence-electron chi connectivity index (χ3n) is 14.0. The molecule has 5 aliphatic carbocycles. The van der Waals surface area contributed by atoms with Crippen LogP contribution in [0.4, 0.5) is 8.78 Å². The second kappa shape index (κ2) is 10.9. The molecule has 6 rings (SSSR count). The van der Waals surface area contributed by atoms with Gasteiger partial charge in [0.2, 0.25) is 5.91 Å². The van der Waals surface area contributed by atoms with E-state index in [9.17, 15) is 23.5 Å². The number of carbonyl (C=O) groups excluding carboxylic acids is 1. The predicted octanol–water partition coefficient (Wildman–Crippen LogP) is 7.80. The Morgan fingerprint density at radius 2 is 1.61 bits per heavy atom. The van der Waals surface area contributed by atoms with Gasteiger partial charge < -0.3 is 15.3 Å². The molecule has 2 N–H and O–H groups in total. The fourth-order valence-corrected chi connectivity index (χ4v) is 12.2. The molecule has 4 fully saturated rings. The molecule has 44 heavy (non-hydrogen) atoms. The average molecular weight is 611 g/mol. The molecule has 1 amide bonds. The molecule has 7 heteroatoms. The van der Waals surface area contributed by atoms with Crippen molar-refractivity contribution in [2.75, 3.05) is 27.2 Å². The molecule has 0 bridgehead atoms. The van der Waals surface area contributed by atoms with Crippen LogP contribution in [-0.2, 0) is 4.79 Å². The summed E-state index contributed by atoms with van der Waals surface area (Å²) < 4.78 is 29.6. The number of nitrogens with one attached hydrogen (secondary N) is 1. The molecule has 0 aliphatic heterocycles. The molecule has 4 saturated carbocycles. The SMILES string of the molecule is CN(C)CCNC(=O)C12CCCC1C1CCC3C(C)(CCC4C(C)(C)C(c5cc(F)c(C(=O)O)c(F)c5)=CCC43C)C1CC2. The number of halogens is 2. The van der Waals surface area contributed by atoms with Gasteiger partial charge >= 0.3 is 5.97 Å². The lowest BCUT2D eigenvalue weighted by Crippen LogP contribution is -2.62. The Morgan fingerprint density at radius 3 is 2.27 bits per heavy atom. The smallest absolute Gasteiger partial charge is 0.341 e. The number of hydrogen-bond donors (Lipinski definition) is 2. The molecule has 0 heterocycles. The van der Waals surface area contributed by atoms with E-state index < -0.39 is 23.2 Å². The van der Waals surface area contributed by atoms with Crippen LogP contribution < -0.4 is 5.32 Å². The Bertz CT molecular complexity index is 1350. The summed E-state index contributed by atoms with van der Waals surface area (Å²) in [7, 11) is 4.09. The Morgan fingerprint density at radius 1 is 0.909 bits per heavy atom. The van der Waals surface area contributed by atoms with Crippen LogP contribution in [0.3, 0.4) is 0 Å². The summed E-state index contributed by atoms with van der Waals surface area (Å²) in [5.74, 6) is -0.683. The van der Waals surface area contributed by atoms with Crippen molar-refractivity contribution >= 4 is 17.4 Å². The molecule has 8 atom stereocenters. The highest BCUT2D eigenvalue weighted by Gasteiger charge is 2.66. The van der Waals surface area contributed by atoms with Gasteiger partial charge in [0, 0.05) is 13.1 Å². The number of hydrogen-bond acceptors (Lipinski definition) is 3. The highest BCUT2D eigenvalue weighted by Crippen LogP contribution is 2.73. The van der Waals surface area contributed by atoms with Crippen molar-refractivity contribution in [1.29, 1.82) is 0 Å². The van der Waals surface area contributed by atoms with Gasteiger partial charge in [0.1, 0.15) is 17.2 Å². The third-order valence-corrected chi connectivity index (χ3v) is 14.0. The van der Waals surface area contributed by atoms with Crippen LogP contribution in [0.5, 0.6) is 0 Å². The van der Waals surface area contributed by atoms with Gasteiger partial charge in [-0.2, -0.15) is 0 Å². The number of allylic oxidation sites excluding steroid dienone is 2. The fourth-order valence-electron chi connectivity index (χ4n) is 12.2. The van der Waals surface area contributed by atoms with Gasteiger partial charge in [-0.05, 0) is 141 Å². The van der Waals surface area contributed by atoms with E-state index in [4.69, 9.17) is 0 Å². The van der Waals surface area contributed by atoms with Crippen molar-refractivity contribution in [1.82, 2.24) is 10.2 Å². The zero-order chi connectivity index (χ0) is 31.8. The third kappa shape index (κ3) is 4.60. The summed E-state index contributed by atoms with van der Waals surface area (Å²) in [6.45, 7) is 11.1. The minimum atomic E-state index is -1.58. The summed E-state index contributed by atoms with van der Waals surface area (Å²) in [6.07, 6.45) is 13.2. The Balaban J connectivity index is 1.27. The number of aromatic carboxylic acids is 1. The molecule has 1 aromatic rings. The van der Waals surface area contributed by atoms with Crippen molar-refractivity contribution in [2.24, 2.45) is 51.2 Å². The highest BCUT2D eigenvalue weighted by molar-refractivity contribution is 5.89. The standard InChI is InChI=1S/C37H52F2N2O3/c1-34(2)24(22-20-27(38)31(32(42)43)28(39)21-22)11-15-36(4)29(34)13-16-35(3)25-12-17-37(33(44)40-18-19-41(5)6)14-7-8-26(37)23(25)9-10-30(35)36/h11,20-21,23,25-26,29-30H,7-10,12-19H2,1-6H3,(H,40,44)(H,42,43). The molecular formula is C37H52F2N2O3. The van der Waals surface area contributed by atoms with Gasteiger partial charge in [-0.15, -0.1) is 0 Å². The zero-order valence-corrected chi connectivity index (χ0v) is 27.6. The molecule has 0 radical (unpaired) electrons. The Hall–Kier alpha value is -2.28. The highest BCUT2D eigenvalue weighted by atomic mass is 19.1. The number of amides is 1.